The van der Waals surface area contributed by atoms with Gasteiger partial charge >= 0.3 is 0 Å². The third-order valence-corrected chi connectivity index (χ3v) is 14.2. The maximum atomic E-state index is 7.18. The van der Waals surface area contributed by atoms with Gasteiger partial charge in [0.05, 0.1) is 11.1 Å². The molecule has 1 heterocycles. The van der Waals surface area contributed by atoms with E-state index in [-0.39, 0.29) is 0 Å². The summed E-state index contributed by atoms with van der Waals surface area (Å²) in [4.78, 5) is 2.44. The smallest absolute Gasteiger partial charge is 0.143 e. The molecule has 0 radical (unpaired) electrons. The standard InChI is InChI=1S/C63H39NO/c1-2-17-41(18-3-1)47-21-11-15-29-59(47)64(45-32-34-52-51-25-10-14-28-57(51)63(58(52)38-45)55-26-12-8-23-49(55)50-24-9-13-27-56(50)63)46-33-35-53-54-37-43-20-6-7-22-48(43)61(62(54)65-60(53)39-46)44-31-30-40-16-4-5-19-42(40)36-44/h1-39H. The fraction of sp³-hybridized carbons (Fsp3) is 0.0159. The maximum absolute atomic E-state index is 7.18. The number of para-hydroxylation sites is 1. The number of benzene rings is 11. The number of rotatable bonds is 5. The molecule has 11 aromatic carbocycles. The molecule has 65 heavy (non-hydrogen) atoms. The van der Waals surface area contributed by atoms with Gasteiger partial charge in [-0.2, -0.15) is 0 Å². The molecule has 0 N–H and O–H groups in total. The van der Waals surface area contributed by atoms with Crippen molar-refractivity contribution in [2.75, 3.05) is 4.90 Å². The molecule has 1 spiro atoms. The van der Waals surface area contributed by atoms with Crippen molar-refractivity contribution in [3.05, 3.63) is 259 Å². The van der Waals surface area contributed by atoms with Gasteiger partial charge in [0.15, 0.2) is 0 Å². The molecule has 14 rings (SSSR count). The lowest BCUT2D eigenvalue weighted by molar-refractivity contribution is 0.670. The minimum absolute atomic E-state index is 0.469. The zero-order valence-electron chi connectivity index (χ0n) is 35.4. The minimum Gasteiger partial charge on any atom is -0.455 e. The van der Waals surface area contributed by atoms with Gasteiger partial charge in [-0.25, -0.2) is 0 Å². The molecule has 0 bridgehead atoms. The molecule has 1 aromatic heterocycles. The van der Waals surface area contributed by atoms with E-state index in [4.69, 9.17) is 4.42 Å². The summed E-state index contributed by atoms with van der Waals surface area (Å²) in [6.45, 7) is 0. The van der Waals surface area contributed by atoms with E-state index in [9.17, 15) is 0 Å². The van der Waals surface area contributed by atoms with Crippen molar-refractivity contribution in [2.45, 2.75) is 5.41 Å². The highest BCUT2D eigenvalue weighted by atomic mass is 16.3. The van der Waals surface area contributed by atoms with Crippen molar-refractivity contribution >= 4 is 60.5 Å². The quantitative estimate of drug-likeness (QED) is 0.172. The number of furan rings is 1. The third-order valence-electron chi connectivity index (χ3n) is 14.2. The third kappa shape index (κ3) is 5.11. The lowest BCUT2D eigenvalue weighted by atomic mass is 9.70. The van der Waals surface area contributed by atoms with Crippen molar-refractivity contribution in [3.63, 3.8) is 0 Å². The Labute approximate surface area is 376 Å². The molecule has 12 aromatic rings. The lowest BCUT2D eigenvalue weighted by Gasteiger charge is -2.32. The summed E-state index contributed by atoms with van der Waals surface area (Å²) in [5.41, 5.74) is 19.5. The molecular formula is C63H39NO. The highest BCUT2D eigenvalue weighted by Crippen LogP contribution is 2.63. The largest absolute Gasteiger partial charge is 0.455 e. The van der Waals surface area contributed by atoms with Gasteiger partial charge in [-0.1, -0.05) is 188 Å². The van der Waals surface area contributed by atoms with Crippen LogP contribution in [0.25, 0.3) is 88.0 Å². The molecular weight excluding hydrogens is 787 g/mol. The topological polar surface area (TPSA) is 16.4 Å². The molecule has 0 saturated carbocycles. The van der Waals surface area contributed by atoms with Gasteiger partial charge in [-0.05, 0) is 120 Å². The van der Waals surface area contributed by atoms with Crippen molar-refractivity contribution in [1.29, 1.82) is 0 Å². The van der Waals surface area contributed by atoms with E-state index in [0.717, 1.165) is 61.3 Å². The van der Waals surface area contributed by atoms with Crippen LogP contribution in [0.5, 0.6) is 0 Å². The Kier molecular flexibility index (Phi) is 7.64. The van der Waals surface area contributed by atoms with Gasteiger partial charge in [0.25, 0.3) is 0 Å². The molecule has 2 heteroatoms. The predicted molar refractivity (Wildman–Crippen MR) is 271 cm³/mol. The first kappa shape index (κ1) is 36.1. The molecule has 0 unspecified atom stereocenters. The Bertz CT molecular complexity index is 3850. The van der Waals surface area contributed by atoms with Crippen LogP contribution in [0.15, 0.2) is 241 Å². The fourth-order valence-corrected chi connectivity index (χ4v) is 11.5. The van der Waals surface area contributed by atoms with E-state index in [2.05, 4.69) is 241 Å². The predicted octanol–water partition coefficient (Wildman–Crippen LogP) is 17.0. The molecule has 0 aliphatic heterocycles. The summed E-state index contributed by atoms with van der Waals surface area (Å²) in [5, 5.41) is 7.00. The molecule has 2 nitrogen and oxygen atoms in total. The summed E-state index contributed by atoms with van der Waals surface area (Å²) in [7, 11) is 0. The van der Waals surface area contributed by atoms with E-state index in [1.54, 1.807) is 0 Å². The van der Waals surface area contributed by atoms with Crippen LogP contribution in [0.3, 0.4) is 0 Å². The molecule has 302 valence electrons. The first-order chi connectivity index (χ1) is 32.2. The number of anilines is 3. The minimum atomic E-state index is -0.469. The average Bonchev–Trinajstić information content (AvgIpc) is 3.99. The van der Waals surface area contributed by atoms with Gasteiger partial charge in [-0.3, -0.25) is 0 Å². The van der Waals surface area contributed by atoms with E-state index in [0.29, 0.717) is 0 Å². The van der Waals surface area contributed by atoms with Gasteiger partial charge < -0.3 is 9.32 Å². The van der Waals surface area contributed by atoms with Crippen LogP contribution < -0.4 is 4.90 Å². The van der Waals surface area contributed by atoms with Crippen LogP contribution in [0, 0.1) is 0 Å². The molecule has 0 saturated heterocycles. The molecule has 0 amide bonds. The summed E-state index contributed by atoms with van der Waals surface area (Å²) in [6.07, 6.45) is 0. The molecule has 2 aliphatic carbocycles. The first-order valence-electron chi connectivity index (χ1n) is 22.5. The van der Waals surface area contributed by atoms with E-state index in [1.807, 2.05) is 0 Å². The van der Waals surface area contributed by atoms with Crippen molar-refractivity contribution < 1.29 is 4.42 Å². The monoisotopic (exact) mass is 825 g/mol. The highest BCUT2D eigenvalue weighted by Gasteiger charge is 2.51. The second-order valence-electron chi connectivity index (χ2n) is 17.5. The number of hydrogen-bond acceptors (Lipinski definition) is 2. The van der Waals surface area contributed by atoms with Crippen LogP contribution in [0.4, 0.5) is 17.1 Å². The zero-order valence-corrected chi connectivity index (χ0v) is 35.4. The molecule has 0 fully saturated rings. The van der Waals surface area contributed by atoms with Crippen molar-refractivity contribution in [2.24, 2.45) is 0 Å². The zero-order chi connectivity index (χ0) is 42.6. The summed E-state index contributed by atoms with van der Waals surface area (Å²) in [5.74, 6) is 0. The van der Waals surface area contributed by atoms with Gasteiger partial charge in [0.2, 0.25) is 0 Å². The maximum Gasteiger partial charge on any atom is 0.143 e. The van der Waals surface area contributed by atoms with Crippen LogP contribution in [-0.4, -0.2) is 0 Å². The first-order valence-corrected chi connectivity index (χ1v) is 22.5. The molecule has 0 atom stereocenters. The van der Waals surface area contributed by atoms with Crippen molar-refractivity contribution in [3.8, 4) is 44.5 Å². The summed E-state index contributed by atoms with van der Waals surface area (Å²) >= 11 is 0. The van der Waals surface area contributed by atoms with Gasteiger partial charge in [0.1, 0.15) is 11.2 Å². The second kappa shape index (κ2) is 13.8. The SMILES string of the molecule is c1ccc(-c2ccccc2N(c2ccc3c(c2)C2(c4ccccc4-c4ccccc42)c2ccccc2-3)c2ccc3c(c2)oc2c(-c4ccc5ccccc5c4)c4ccccc4cc23)cc1. The van der Waals surface area contributed by atoms with Crippen LogP contribution >= 0.6 is 0 Å². The van der Waals surface area contributed by atoms with E-state index in [1.165, 1.54) is 66.1 Å². The second-order valence-corrected chi connectivity index (χ2v) is 17.5. The highest BCUT2D eigenvalue weighted by molar-refractivity contribution is 6.19. The Hall–Kier alpha value is -8.46. The summed E-state index contributed by atoms with van der Waals surface area (Å²) in [6, 6.07) is 87.0. The van der Waals surface area contributed by atoms with Crippen LogP contribution in [0.1, 0.15) is 22.3 Å². The van der Waals surface area contributed by atoms with E-state index < -0.39 is 5.41 Å². The van der Waals surface area contributed by atoms with E-state index >= 15 is 0 Å². The van der Waals surface area contributed by atoms with Crippen LogP contribution in [-0.2, 0) is 5.41 Å². The fourth-order valence-electron chi connectivity index (χ4n) is 11.5. The summed E-state index contributed by atoms with van der Waals surface area (Å²) < 4.78 is 7.18. The number of nitrogens with zero attached hydrogens (tertiary/aromatic N) is 1. The molecule has 2 aliphatic rings. The van der Waals surface area contributed by atoms with Gasteiger partial charge in [0, 0.05) is 39.3 Å². The Morgan fingerprint density at radius 3 is 1.63 bits per heavy atom. The number of hydrogen-bond donors (Lipinski definition) is 0. The van der Waals surface area contributed by atoms with Gasteiger partial charge in [-0.15, -0.1) is 0 Å². The Morgan fingerprint density at radius 2 is 0.892 bits per heavy atom. The normalized spacial score (nSPS) is 13.0. The van der Waals surface area contributed by atoms with Crippen molar-refractivity contribution in [1.82, 2.24) is 0 Å². The Balaban J connectivity index is 1.03. The number of fused-ring (bicyclic) bond motifs is 15. The lowest BCUT2D eigenvalue weighted by Crippen LogP contribution is -2.26. The average molecular weight is 826 g/mol. The van der Waals surface area contributed by atoms with Crippen LogP contribution in [0.2, 0.25) is 0 Å². The Morgan fingerprint density at radius 1 is 0.323 bits per heavy atom.